The van der Waals surface area contributed by atoms with Crippen molar-refractivity contribution in [2.24, 2.45) is 5.92 Å². The Bertz CT molecular complexity index is 460. The van der Waals surface area contributed by atoms with Gasteiger partial charge in [0, 0.05) is 13.1 Å². The van der Waals surface area contributed by atoms with Crippen molar-refractivity contribution in [2.75, 3.05) is 13.1 Å². The lowest BCUT2D eigenvalue weighted by molar-refractivity contribution is -0.130. The zero-order chi connectivity index (χ0) is 14.3. The minimum Gasteiger partial charge on any atom is -0.341 e. The van der Waals surface area contributed by atoms with E-state index in [0.29, 0.717) is 31.8 Å². The van der Waals surface area contributed by atoms with E-state index in [1.807, 2.05) is 31.2 Å². The predicted octanol–water partition coefficient (Wildman–Crippen LogP) is 2.94. The summed E-state index contributed by atoms with van der Waals surface area (Å²) in [7, 11) is 0. The summed E-state index contributed by atoms with van der Waals surface area (Å²) in [5.41, 5.74) is 2.20. The Morgan fingerprint density at radius 1 is 1.42 bits per heavy atom. The highest BCUT2D eigenvalue weighted by molar-refractivity contribution is 5.78. The van der Waals surface area contributed by atoms with E-state index in [1.54, 1.807) is 4.90 Å². The quantitative estimate of drug-likeness (QED) is 0.787. The van der Waals surface area contributed by atoms with Crippen molar-refractivity contribution < 1.29 is 4.79 Å². The van der Waals surface area contributed by atoms with E-state index in [9.17, 15) is 4.79 Å². The van der Waals surface area contributed by atoms with Gasteiger partial charge >= 0.3 is 0 Å². The molecule has 0 N–H and O–H groups in total. The molecule has 0 aliphatic heterocycles. The molecule has 0 spiro atoms. The van der Waals surface area contributed by atoms with E-state index >= 15 is 0 Å². The average molecular weight is 258 g/mol. The van der Waals surface area contributed by atoms with Gasteiger partial charge in [-0.05, 0) is 18.4 Å². The van der Waals surface area contributed by atoms with Gasteiger partial charge in [0.1, 0.15) is 0 Å². The molecule has 0 fully saturated rings. The number of amides is 1. The SMILES string of the molecule is Cc1cccc(CC(=O)N(CCC#N)CC(C)C)c1. The maximum absolute atomic E-state index is 12.3. The molecular weight excluding hydrogens is 236 g/mol. The van der Waals surface area contributed by atoms with E-state index < -0.39 is 0 Å². The Labute approximate surface area is 115 Å². The van der Waals surface area contributed by atoms with Crippen molar-refractivity contribution >= 4 is 5.91 Å². The van der Waals surface area contributed by atoms with Gasteiger partial charge in [-0.15, -0.1) is 0 Å². The maximum Gasteiger partial charge on any atom is 0.227 e. The molecule has 1 aromatic carbocycles. The smallest absolute Gasteiger partial charge is 0.227 e. The van der Waals surface area contributed by atoms with Crippen LogP contribution in [-0.2, 0) is 11.2 Å². The van der Waals surface area contributed by atoms with Crippen LogP contribution in [0.4, 0.5) is 0 Å². The second kappa shape index (κ2) is 7.58. The lowest BCUT2D eigenvalue weighted by Gasteiger charge is -2.23. The molecule has 0 aliphatic rings. The highest BCUT2D eigenvalue weighted by Gasteiger charge is 2.15. The van der Waals surface area contributed by atoms with Crippen molar-refractivity contribution in [1.82, 2.24) is 4.90 Å². The number of nitriles is 1. The van der Waals surface area contributed by atoms with E-state index in [-0.39, 0.29) is 5.91 Å². The fourth-order valence-corrected chi connectivity index (χ4v) is 2.05. The van der Waals surface area contributed by atoms with Crippen LogP contribution in [0.1, 0.15) is 31.4 Å². The third-order valence-electron chi connectivity index (χ3n) is 2.87. The topological polar surface area (TPSA) is 44.1 Å². The van der Waals surface area contributed by atoms with Crippen LogP contribution in [0.15, 0.2) is 24.3 Å². The summed E-state index contributed by atoms with van der Waals surface area (Å²) in [6.07, 6.45) is 0.812. The molecule has 0 radical (unpaired) electrons. The molecule has 3 nitrogen and oxygen atoms in total. The Kier molecular flexibility index (Phi) is 6.08. The van der Waals surface area contributed by atoms with Crippen molar-refractivity contribution in [3.8, 4) is 6.07 Å². The van der Waals surface area contributed by atoms with Gasteiger partial charge in [0.25, 0.3) is 0 Å². The Balaban J connectivity index is 2.68. The predicted molar refractivity (Wildman–Crippen MR) is 76.5 cm³/mol. The number of nitrogens with zero attached hydrogens (tertiary/aromatic N) is 2. The maximum atomic E-state index is 12.3. The molecule has 0 aromatic heterocycles. The first kappa shape index (κ1) is 15.2. The number of carbonyl (C=O) groups excluding carboxylic acids is 1. The largest absolute Gasteiger partial charge is 0.341 e. The molecule has 0 aliphatic carbocycles. The number of hydrogen-bond donors (Lipinski definition) is 0. The summed E-state index contributed by atoms with van der Waals surface area (Å²) in [6.45, 7) is 7.43. The molecule has 0 heterocycles. The molecule has 1 amide bonds. The molecule has 0 bridgehead atoms. The van der Waals surface area contributed by atoms with Gasteiger partial charge in [-0.25, -0.2) is 0 Å². The molecule has 0 unspecified atom stereocenters. The fraction of sp³-hybridized carbons (Fsp3) is 0.500. The molecule has 0 saturated heterocycles. The number of rotatable bonds is 6. The lowest BCUT2D eigenvalue weighted by Crippen LogP contribution is -2.36. The molecule has 1 aromatic rings. The molecule has 0 saturated carbocycles. The van der Waals surface area contributed by atoms with Crippen LogP contribution in [0.5, 0.6) is 0 Å². The summed E-state index contributed by atoms with van der Waals surface area (Å²) in [5.74, 6) is 0.523. The van der Waals surface area contributed by atoms with E-state index in [1.165, 1.54) is 0 Å². The number of carbonyl (C=O) groups is 1. The number of hydrogen-bond acceptors (Lipinski definition) is 2. The third-order valence-corrected chi connectivity index (χ3v) is 2.87. The van der Waals surface area contributed by atoms with Crippen LogP contribution >= 0.6 is 0 Å². The van der Waals surface area contributed by atoms with Gasteiger partial charge in [0.2, 0.25) is 5.91 Å². The number of aryl methyl sites for hydroxylation is 1. The van der Waals surface area contributed by atoms with Crippen LogP contribution in [0, 0.1) is 24.2 Å². The van der Waals surface area contributed by atoms with Crippen molar-refractivity contribution in [2.45, 2.75) is 33.6 Å². The van der Waals surface area contributed by atoms with Crippen molar-refractivity contribution in [3.05, 3.63) is 35.4 Å². The minimum absolute atomic E-state index is 0.106. The summed E-state index contributed by atoms with van der Waals surface area (Å²) >= 11 is 0. The zero-order valence-corrected chi connectivity index (χ0v) is 12.0. The first-order valence-electron chi connectivity index (χ1n) is 6.73. The second-order valence-corrected chi connectivity index (χ2v) is 5.31. The Morgan fingerprint density at radius 2 is 2.16 bits per heavy atom. The monoisotopic (exact) mass is 258 g/mol. The zero-order valence-electron chi connectivity index (χ0n) is 12.0. The molecular formula is C16H22N2O. The van der Waals surface area contributed by atoms with Crippen LogP contribution in [0.2, 0.25) is 0 Å². The Morgan fingerprint density at radius 3 is 2.74 bits per heavy atom. The van der Waals surface area contributed by atoms with Crippen molar-refractivity contribution in [1.29, 1.82) is 5.26 Å². The van der Waals surface area contributed by atoms with Crippen LogP contribution < -0.4 is 0 Å². The van der Waals surface area contributed by atoms with Gasteiger partial charge in [0.15, 0.2) is 0 Å². The first-order valence-corrected chi connectivity index (χ1v) is 6.73. The van der Waals surface area contributed by atoms with Gasteiger partial charge in [-0.1, -0.05) is 43.7 Å². The van der Waals surface area contributed by atoms with Crippen LogP contribution in [-0.4, -0.2) is 23.9 Å². The second-order valence-electron chi connectivity index (χ2n) is 5.31. The molecule has 19 heavy (non-hydrogen) atoms. The average Bonchev–Trinajstić information content (AvgIpc) is 2.34. The van der Waals surface area contributed by atoms with E-state index in [4.69, 9.17) is 5.26 Å². The minimum atomic E-state index is 0.106. The molecule has 1 rings (SSSR count). The summed E-state index contributed by atoms with van der Waals surface area (Å²) in [4.78, 5) is 14.1. The van der Waals surface area contributed by atoms with Gasteiger partial charge in [0.05, 0.1) is 18.9 Å². The molecule has 3 heteroatoms. The first-order chi connectivity index (χ1) is 9.02. The number of benzene rings is 1. The van der Waals surface area contributed by atoms with Crippen molar-refractivity contribution in [3.63, 3.8) is 0 Å². The fourth-order valence-electron chi connectivity index (χ4n) is 2.05. The standard InChI is InChI=1S/C16H22N2O/c1-13(2)12-18(9-5-8-17)16(19)11-15-7-4-6-14(3)10-15/h4,6-7,10,13H,5,9,11-12H2,1-3H3. The normalized spacial score (nSPS) is 10.3. The summed E-state index contributed by atoms with van der Waals surface area (Å²) in [5, 5.41) is 8.67. The highest BCUT2D eigenvalue weighted by atomic mass is 16.2. The van der Waals surface area contributed by atoms with Crippen LogP contribution in [0.3, 0.4) is 0 Å². The lowest BCUT2D eigenvalue weighted by atomic mass is 10.1. The van der Waals surface area contributed by atoms with E-state index in [0.717, 1.165) is 11.1 Å². The van der Waals surface area contributed by atoms with Gasteiger partial charge in [-0.2, -0.15) is 5.26 Å². The van der Waals surface area contributed by atoms with Gasteiger partial charge in [-0.3, -0.25) is 4.79 Å². The molecule has 0 atom stereocenters. The molecule has 102 valence electrons. The summed E-state index contributed by atoms with van der Waals surface area (Å²) < 4.78 is 0. The summed E-state index contributed by atoms with van der Waals surface area (Å²) in [6, 6.07) is 10.1. The van der Waals surface area contributed by atoms with Crippen LogP contribution in [0.25, 0.3) is 0 Å². The van der Waals surface area contributed by atoms with Gasteiger partial charge < -0.3 is 4.90 Å². The highest BCUT2D eigenvalue weighted by Crippen LogP contribution is 2.08. The Hall–Kier alpha value is -1.82. The van der Waals surface area contributed by atoms with E-state index in [2.05, 4.69) is 19.9 Å². The third kappa shape index (κ3) is 5.56.